The highest BCUT2D eigenvalue weighted by molar-refractivity contribution is 7.92. The number of nitrogens with one attached hydrogen (secondary N) is 1. The quantitative estimate of drug-likeness (QED) is 0.278. The van der Waals surface area contributed by atoms with Crippen molar-refractivity contribution >= 4 is 50.5 Å². The lowest BCUT2D eigenvalue weighted by atomic mass is 10.1. The van der Waals surface area contributed by atoms with E-state index in [0.717, 1.165) is 22.9 Å². The van der Waals surface area contributed by atoms with Crippen LogP contribution in [0, 0.1) is 0 Å². The zero-order chi connectivity index (χ0) is 34.5. The number of halogens is 2. The monoisotopic (exact) mass is 738 g/mol. The van der Waals surface area contributed by atoms with Crippen LogP contribution in [0.5, 0.6) is 11.5 Å². The van der Waals surface area contributed by atoms with Crippen molar-refractivity contribution in [3.63, 3.8) is 0 Å². The number of amides is 2. The Labute approximate surface area is 303 Å². The molecule has 0 atom stereocenters. The zero-order valence-electron chi connectivity index (χ0n) is 27.7. The van der Waals surface area contributed by atoms with E-state index in [1.807, 2.05) is 48.5 Å². The second-order valence-electron chi connectivity index (χ2n) is 11.7. The Hall–Kier alpha value is -4.65. The maximum atomic E-state index is 13.8. The normalized spacial score (nSPS) is 14.9. The topological polar surface area (TPSA) is 112 Å². The predicted octanol–water partition coefficient (Wildman–Crippen LogP) is 2.09. The highest BCUT2D eigenvalue weighted by atomic mass is 35.5. The largest absolute Gasteiger partial charge is 1.00 e. The number of hydrogen-bond donors (Lipinski definition) is 1. The summed E-state index contributed by atoms with van der Waals surface area (Å²) in [6, 6.07) is 26.2. The van der Waals surface area contributed by atoms with Gasteiger partial charge in [0.2, 0.25) is 0 Å². The van der Waals surface area contributed by atoms with E-state index in [-0.39, 0.29) is 51.0 Å². The number of ether oxygens (including phenoxy) is 2. The number of nitrogens with zero attached hydrogens (tertiary/aromatic N) is 4. The number of carbonyl (C=O) groups excluding carboxylic acids is 2. The Kier molecular flexibility index (Phi) is 11.7. The fraction of sp³-hybridized carbons (Fsp3) is 0.278. The average molecular weight is 740 g/mol. The first-order chi connectivity index (χ1) is 23.7. The molecule has 4 aromatic rings. The van der Waals surface area contributed by atoms with Crippen molar-refractivity contribution < 1.29 is 39.9 Å². The Balaban J connectivity index is 0.00000486. The summed E-state index contributed by atoms with van der Waals surface area (Å²) >= 11 is 6.41. The van der Waals surface area contributed by atoms with Crippen LogP contribution in [0.15, 0.2) is 95.9 Å². The zero-order valence-corrected chi connectivity index (χ0v) is 30.0. The number of methoxy groups -OCH3 is 2. The van der Waals surface area contributed by atoms with Crippen molar-refractivity contribution in [1.29, 1.82) is 0 Å². The molecule has 0 aromatic heterocycles. The van der Waals surface area contributed by atoms with Crippen molar-refractivity contribution in [1.82, 2.24) is 9.80 Å². The standard InChI is InChI=1S/C36H38ClN5O6S.ClH/c1-47-32-13-7-5-11-30(32)39-17-21-41(22-18-39)35(43)26-15-16-28(37)34(25-26)49(45,46)38-29-10-4-3-9-27(29)36(44)42-23-19-40(20-24-42)31-12-6-8-14-33(31)48-2;/h3-16,25,38H,17-24H2,1-2H3;1H/p-1. The van der Waals surface area contributed by atoms with Gasteiger partial charge in [-0.15, -0.1) is 0 Å². The van der Waals surface area contributed by atoms with Crippen LogP contribution in [0.1, 0.15) is 20.7 Å². The van der Waals surface area contributed by atoms with E-state index in [2.05, 4.69) is 14.5 Å². The molecule has 0 spiro atoms. The molecule has 0 aliphatic carbocycles. The van der Waals surface area contributed by atoms with Gasteiger partial charge in [-0.3, -0.25) is 14.3 Å². The van der Waals surface area contributed by atoms with E-state index in [1.54, 1.807) is 48.3 Å². The van der Waals surface area contributed by atoms with Crippen molar-refractivity contribution in [2.45, 2.75) is 4.90 Å². The van der Waals surface area contributed by atoms with Crippen LogP contribution in [0.3, 0.4) is 0 Å². The molecule has 4 aromatic carbocycles. The van der Waals surface area contributed by atoms with Gasteiger partial charge < -0.3 is 41.5 Å². The fourth-order valence-electron chi connectivity index (χ4n) is 6.24. The van der Waals surface area contributed by atoms with Gasteiger partial charge in [0.1, 0.15) is 16.4 Å². The number of hydrogen-bond acceptors (Lipinski definition) is 8. The highest BCUT2D eigenvalue weighted by Gasteiger charge is 2.29. The van der Waals surface area contributed by atoms with E-state index in [0.29, 0.717) is 52.4 Å². The lowest BCUT2D eigenvalue weighted by Gasteiger charge is -2.37. The molecule has 2 heterocycles. The Morgan fingerprint density at radius 2 is 1.14 bits per heavy atom. The molecule has 2 amide bonds. The first kappa shape index (κ1) is 36.6. The second kappa shape index (κ2) is 15.9. The average Bonchev–Trinajstić information content (AvgIpc) is 3.14. The predicted molar refractivity (Wildman–Crippen MR) is 191 cm³/mol. The summed E-state index contributed by atoms with van der Waals surface area (Å²) in [7, 11) is -1.03. The maximum absolute atomic E-state index is 13.8. The van der Waals surface area contributed by atoms with Gasteiger partial charge in [-0.2, -0.15) is 0 Å². The minimum Gasteiger partial charge on any atom is -1.00 e. The SMILES string of the molecule is COc1ccccc1N1CCN(C(=O)c2ccc(Cl)c(S(=O)(=O)Nc3ccccc3C(=O)N3CCN(c4ccccc4OC)CC3)c2)CC1.[Cl-]. The number of sulfonamides is 1. The van der Waals surface area contributed by atoms with E-state index < -0.39 is 10.0 Å². The molecule has 6 rings (SSSR count). The van der Waals surface area contributed by atoms with Crippen LogP contribution in [-0.4, -0.2) is 96.6 Å². The molecular formula is C36H38Cl2N5O6S-. The van der Waals surface area contributed by atoms with Crippen molar-refractivity contribution in [3.8, 4) is 11.5 Å². The van der Waals surface area contributed by atoms with Gasteiger partial charge in [-0.1, -0.05) is 48.0 Å². The molecular weight excluding hydrogens is 701 g/mol. The summed E-state index contributed by atoms with van der Waals surface area (Å²) < 4.78 is 41.1. The van der Waals surface area contributed by atoms with Gasteiger partial charge in [-0.05, 0) is 54.6 Å². The molecule has 2 fully saturated rings. The Morgan fingerprint density at radius 1 is 0.660 bits per heavy atom. The molecule has 2 saturated heterocycles. The molecule has 14 heteroatoms. The van der Waals surface area contributed by atoms with Crippen LogP contribution >= 0.6 is 11.6 Å². The molecule has 0 saturated carbocycles. The molecule has 264 valence electrons. The Morgan fingerprint density at radius 3 is 1.68 bits per heavy atom. The third kappa shape index (κ3) is 7.72. The number of carbonyl (C=O) groups is 2. The smallest absolute Gasteiger partial charge is 0.263 e. The molecule has 0 unspecified atom stereocenters. The van der Waals surface area contributed by atoms with E-state index in [4.69, 9.17) is 21.1 Å². The lowest BCUT2D eigenvalue weighted by molar-refractivity contribution is -0.0000321. The van der Waals surface area contributed by atoms with Crippen LogP contribution in [0.4, 0.5) is 17.1 Å². The van der Waals surface area contributed by atoms with Crippen molar-refractivity contribution in [2.75, 3.05) is 81.1 Å². The molecule has 11 nitrogen and oxygen atoms in total. The molecule has 50 heavy (non-hydrogen) atoms. The van der Waals surface area contributed by atoms with Gasteiger partial charge in [0.15, 0.2) is 0 Å². The number of para-hydroxylation sites is 5. The fourth-order valence-corrected chi connectivity index (χ4v) is 7.84. The van der Waals surface area contributed by atoms with Crippen LogP contribution in [-0.2, 0) is 10.0 Å². The summed E-state index contributed by atoms with van der Waals surface area (Å²) in [6.45, 7) is 4.14. The molecule has 2 aliphatic rings. The number of rotatable bonds is 9. The number of benzene rings is 4. The van der Waals surface area contributed by atoms with E-state index in [1.165, 1.54) is 18.2 Å². The second-order valence-corrected chi connectivity index (χ2v) is 13.8. The number of anilines is 3. The van der Waals surface area contributed by atoms with E-state index in [9.17, 15) is 18.0 Å². The first-order valence-electron chi connectivity index (χ1n) is 16.0. The summed E-state index contributed by atoms with van der Waals surface area (Å²) in [5, 5.41) is -0.0405. The maximum Gasteiger partial charge on any atom is 0.263 e. The Bertz CT molecular complexity index is 1950. The minimum absolute atomic E-state index is 0. The lowest BCUT2D eigenvalue weighted by Crippen LogP contribution is -3.00. The first-order valence-corrected chi connectivity index (χ1v) is 17.8. The van der Waals surface area contributed by atoms with Gasteiger partial charge in [-0.25, -0.2) is 8.42 Å². The van der Waals surface area contributed by atoms with Gasteiger partial charge >= 0.3 is 0 Å². The molecule has 1 N–H and O–H groups in total. The van der Waals surface area contributed by atoms with E-state index >= 15 is 0 Å². The van der Waals surface area contributed by atoms with Crippen LogP contribution in [0.25, 0.3) is 0 Å². The highest BCUT2D eigenvalue weighted by Crippen LogP contribution is 2.31. The molecule has 0 radical (unpaired) electrons. The summed E-state index contributed by atoms with van der Waals surface area (Å²) in [6.07, 6.45) is 0. The third-order valence-electron chi connectivity index (χ3n) is 8.85. The van der Waals surface area contributed by atoms with Crippen LogP contribution in [0.2, 0.25) is 5.02 Å². The van der Waals surface area contributed by atoms with Crippen molar-refractivity contribution in [2.24, 2.45) is 0 Å². The third-order valence-corrected chi connectivity index (χ3v) is 10.7. The van der Waals surface area contributed by atoms with Crippen molar-refractivity contribution in [3.05, 3.63) is 107 Å². The molecule has 2 aliphatic heterocycles. The van der Waals surface area contributed by atoms with Gasteiger partial charge in [0.05, 0.1) is 41.9 Å². The summed E-state index contributed by atoms with van der Waals surface area (Å²) in [5.41, 5.74) is 2.45. The minimum atomic E-state index is -4.29. The van der Waals surface area contributed by atoms with Gasteiger partial charge in [0, 0.05) is 57.9 Å². The summed E-state index contributed by atoms with van der Waals surface area (Å²) in [5.74, 6) is 0.936. The van der Waals surface area contributed by atoms with Crippen LogP contribution < -0.4 is 36.4 Å². The number of piperazine rings is 2. The van der Waals surface area contributed by atoms with Gasteiger partial charge in [0.25, 0.3) is 21.8 Å². The summed E-state index contributed by atoms with van der Waals surface area (Å²) in [4.78, 5) is 34.7. The molecule has 0 bridgehead atoms.